The summed E-state index contributed by atoms with van der Waals surface area (Å²) in [5.41, 5.74) is 0.566. The summed E-state index contributed by atoms with van der Waals surface area (Å²) in [6.45, 7) is 3.44. The Kier molecular flexibility index (Phi) is 6.11. The second kappa shape index (κ2) is 8.78. The summed E-state index contributed by atoms with van der Waals surface area (Å²) in [4.78, 5) is 41.3. The predicted octanol–water partition coefficient (Wildman–Crippen LogP) is 3.36. The number of carbonyl (C=O) groups excluding carboxylic acids is 3. The maximum Gasteiger partial charge on any atom is 0.325 e. The SMILES string of the molecule is CCC1CCC2(CC1)NC(=O)N(CC(=O)N1CCC(Cc3ccccc3)CC1)C2=O. The zero-order valence-electron chi connectivity index (χ0n) is 17.9. The standard InChI is InChI=1S/C24H33N3O3/c1-2-18-8-12-24(13-9-18)22(29)27(23(30)25-24)17-21(28)26-14-10-20(11-15-26)16-19-6-4-3-5-7-19/h3-7,18,20H,2,8-17H2,1H3,(H,25,30). The van der Waals surface area contributed by atoms with Crippen molar-refractivity contribution in [1.29, 1.82) is 0 Å². The van der Waals surface area contributed by atoms with E-state index in [-0.39, 0.29) is 18.4 Å². The number of hydrogen-bond donors (Lipinski definition) is 1. The van der Waals surface area contributed by atoms with E-state index >= 15 is 0 Å². The van der Waals surface area contributed by atoms with Gasteiger partial charge >= 0.3 is 6.03 Å². The van der Waals surface area contributed by atoms with Crippen LogP contribution in [0.15, 0.2) is 30.3 Å². The van der Waals surface area contributed by atoms with Crippen molar-refractivity contribution in [3.63, 3.8) is 0 Å². The number of benzene rings is 1. The van der Waals surface area contributed by atoms with Crippen LogP contribution in [0.25, 0.3) is 0 Å². The molecule has 162 valence electrons. The van der Waals surface area contributed by atoms with E-state index in [1.807, 2.05) is 11.0 Å². The molecule has 0 radical (unpaired) electrons. The first-order chi connectivity index (χ1) is 14.5. The van der Waals surface area contributed by atoms with E-state index in [0.717, 1.165) is 43.4 Å². The van der Waals surface area contributed by atoms with E-state index in [2.05, 4.69) is 36.5 Å². The van der Waals surface area contributed by atoms with Crippen molar-refractivity contribution < 1.29 is 14.4 Å². The van der Waals surface area contributed by atoms with E-state index in [9.17, 15) is 14.4 Å². The molecule has 2 heterocycles. The monoisotopic (exact) mass is 411 g/mol. The largest absolute Gasteiger partial charge is 0.341 e. The van der Waals surface area contributed by atoms with Crippen molar-refractivity contribution in [2.45, 2.75) is 63.8 Å². The molecule has 0 bridgehead atoms. The number of urea groups is 1. The summed E-state index contributed by atoms with van der Waals surface area (Å²) in [5.74, 6) is 0.892. The van der Waals surface area contributed by atoms with Gasteiger partial charge < -0.3 is 10.2 Å². The molecule has 0 aromatic heterocycles. The third-order valence-corrected chi connectivity index (χ3v) is 7.41. The van der Waals surface area contributed by atoms with Gasteiger partial charge in [-0.2, -0.15) is 0 Å². The number of nitrogens with zero attached hydrogens (tertiary/aromatic N) is 2. The number of nitrogens with one attached hydrogen (secondary N) is 1. The lowest BCUT2D eigenvalue weighted by atomic mass is 9.75. The fourth-order valence-corrected chi connectivity index (χ4v) is 5.31. The molecular formula is C24H33N3O3. The molecule has 6 heteroatoms. The lowest BCUT2D eigenvalue weighted by molar-refractivity contribution is -0.140. The number of amides is 4. The summed E-state index contributed by atoms with van der Waals surface area (Å²) < 4.78 is 0. The van der Waals surface area contributed by atoms with Crippen LogP contribution in [0.1, 0.15) is 57.4 Å². The highest BCUT2D eigenvalue weighted by Gasteiger charge is 2.52. The van der Waals surface area contributed by atoms with Crippen molar-refractivity contribution in [3.05, 3.63) is 35.9 Å². The Bertz CT molecular complexity index is 778. The Morgan fingerprint density at radius 1 is 1.03 bits per heavy atom. The molecule has 4 amide bonds. The zero-order valence-corrected chi connectivity index (χ0v) is 17.9. The molecule has 1 aromatic rings. The summed E-state index contributed by atoms with van der Waals surface area (Å²) in [6.07, 6.45) is 7.36. The van der Waals surface area contributed by atoms with E-state index in [4.69, 9.17) is 0 Å². The fraction of sp³-hybridized carbons (Fsp3) is 0.625. The Morgan fingerprint density at radius 3 is 2.33 bits per heavy atom. The summed E-state index contributed by atoms with van der Waals surface area (Å²) in [5, 5.41) is 2.92. The Morgan fingerprint density at radius 2 is 1.70 bits per heavy atom. The third-order valence-electron chi connectivity index (χ3n) is 7.41. The Hall–Kier alpha value is -2.37. The third kappa shape index (κ3) is 4.23. The van der Waals surface area contributed by atoms with Gasteiger partial charge in [0, 0.05) is 13.1 Å². The normalized spacial score (nSPS) is 27.6. The van der Waals surface area contributed by atoms with Gasteiger partial charge in [0.2, 0.25) is 5.91 Å². The summed E-state index contributed by atoms with van der Waals surface area (Å²) >= 11 is 0. The van der Waals surface area contributed by atoms with Crippen LogP contribution < -0.4 is 5.32 Å². The molecule has 4 rings (SSSR count). The average Bonchev–Trinajstić information content (AvgIpc) is 2.99. The second-order valence-corrected chi connectivity index (χ2v) is 9.27. The van der Waals surface area contributed by atoms with Crippen molar-refractivity contribution in [3.8, 4) is 0 Å². The molecule has 3 aliphatic rings. The number of piperidine rings is 1. The van der Waals surface area contributed by atoms with Gasteiger partial charge in [0.15, 0.2) is 0 Å². The van der Waals surface area contributed by atoms with Crippen molar-refractivity contribution in [1.82, 2.24) is 15.1 Å². The zero-order chi connectivity index (χ0) is 21.1. The predicted molar refractivity (Wildman–Crippen MR) is 115 cm³/mol. The maximum atomic E-state index is 13.0. The van der Waals surface area contributed by atoms with Gasteiger partial charge in [0.25, 0.3) is 5.91 Å². The molecule has 1 aromatic carbocycles. The smallest absolute Gasteiger partial charge is 0.325 e. The van der Waals surface area contributed by atoms with Crippen LogP contribution in [0.3, 0.4) is 0 Å². The van der Waals surface area contributed by atoms with Gasteiger partial charge in [-0.15, -0.1) is 0 Å². The summed E-state index contributed by atoms with van der Waals surface area (Å²) in [6, 6.07) is 10.1. The summed E-state index contributed by atoms with van der Waals surface area (Å²) in [7, 11) is 0. The Labute approximate surface area is 179 Å². The van der Waals surface area contributed by atoms with Crippen LogP contribution in [-0.4, -0.2) is 52.8 Å². The molecule has 1 spiro atoms. The van der Waals surface area contributed by atoms with Crippen molar-refractivity contribution in [2.75, 3.05) is 19.6 Å². The highest BCUT2D eigenvalue weighted by molar-refractivity contribution is 6.09. The van der Waals surface area contributed by atoms with Gasteiger partial charge in [0.05, 0.1) is 0 Å². The highest BCUT2D eigenvalue weighted by atomic mass is 16.2. The molecule has 3 fully saturated rings. The van der Waals surface area contributed by atoms with Crippen LogP contribution in [0.4, 0.5) is 4.79 Å². The lowest BCUT2D eigenvalue weighted by Crippen LogP contribution is -2.50. The maximum absolute atomic E-state index is 13.0. The lowest BCUT2D eigenvalue weighted by Gasteiger charge is -2.35. The first-order valence-corrected chi connectivity index (χ1v) is 11.5. The van der Waals surface area contributed by atoms with Crippen molar-refractivity contribution >= 4 is 17.8 Å². The second-order valence-electron chi connectivity index (χ2n) is 9.27. The minimum absolute atomic E-state index is 0.115. The van der Waals surface area contributed by atoms with Gasteiger partial charge in [-0.25, -0.2) is 4.79 Å². The van der Waals surface area contributed by atoms with Crippen LogP contribution in [-0.2, 0) is 16.0 Å². The average molecular weight is 412 g/mol. The molecule has 1 aliphatic carbocycles. The number of likely N-dealkylation sites (tertiary alicyclic amines) is 1. The van der Waals surface area contributed by atoms with E-state index in [0.29, 0.717) is 37.8 Å². The molecule has 2 aliphatic heterocycles. The number of rotatable bonds is 5. The molecule has 30 heavy (non-hydrogen) atoms. The molecule has 1 N–H and O–H groups in total. The minimum atomic E-state index is -0.772. The van der Waals surface area contributed by atoms with E-state index in [1.165, 1.54) is 5.56 Å². The van der Waals surface area contributed by atoms with Gasteiger partial charge in [-0.05, 0) is 62.3 Å². The number of imide groups is 1. The quantitative estimate of drug-likeness (QED) is 0.756. The minimum Gasteiger partial charge on any atom is -0.341 e. The van der Waals surface area contributed by atoms with Crippen LogP contribution >= 0.6 is 0 Å². The van der Waals surface area contributed by atoms with E-state index < -0.39 is 11.6 Å². The highest BCUT2D eigenvalue weighted by Crippen LogP contribution is 2.37. The number of carbonyl (C=O) groups is 3. The Balaban J connectivity index is 1.29. The van der Waals surface area contributed by atoms with Gasteiger partial charge in [-0.1, -0.05) is 43.7 Å². The van der Waals surface area contributed by atoms with Crippen molar-refractivity contribution in [2.24, 2.45) is 11.8 Å². The van der Waals surface area contributed by atoms with E-state index in [1.54, 1.807) is 0 Å². The fourth-order valence-electron chi connectivity index (χ4n) is 5.31. The first-order valence-electron chi connectivity index (χ1n) is 11.5. The molecule has 0 unspecified atom stereocenters. The molecule has 2 saturated heterocycles. The first kappa shape index (κ1) is 20.9. The van der Waals surface area contributed by atoms with Gasteiger partial charge in [0.1, 0.15) is 12.1 Å². The van der Waals surface area contributed by atoms with Crippen LogP contribution in [0, 0.1) is 11.8 Å². The molecule has 0 atom stereocenters. The topological polar surface area (TPSA) is 69.7 Å². The van der Waals surface area contributed by atoms with Gasteiger partial charge in [-0.3, -0.25) is 14.5 Å². The number of hydrogen-bond acceptors (Lipinski definition) is 3. The molecular weight excluding hydrogens is 378 g/mol. The van der Waals surface area contributed by atoms with Crippen LogP contribution in [0.5, 0.6) is 0 Å². The molecule has 1 saturated carbocycles. The van der Waals surface area contributed by atoms with Crippen LogP contribution in [0.2, 0.25) is 0 Å². The molecule has 6 nitrogen and oxygen atoms in total.